The first kappa shape index (κ1) is 5.15. The summed E-state index contributed by atoms with van der Waals surface area (Å²) in [4.78, 5) is 3.71. The zero-order valence-electron chi connectivity index (χ0n) is 4.70. The van der Waals surface area contributed by atoms with E-state index >= 15 is 0 Å². The zero-order chi connectivity index (χ0) is 5.98. The van der Waals surface area contributed by atoms with Crippen LogP contribution in [-0.2, 0) is 6.54 Å². The molecule has 0 bridgehead atoms. The summed E-state index contributed by atoms with van der Waals surface area (Å²) in [6.07, 6.45) is 3.01. The topological polar surface area (TPSA) is 38.0 Å². The highest BCUT2D eigenvalue weighted by Gasteiger charge is 1.91. The molecule has 0 amide bonds. The molecule has 44 valence electrons. The van der Waals surface area contributed by atoms with Gasteiger partial charge >= 0.3 is 0 Å². The lowest BCUT2D eigenvalue weighted by Crippen LogP contribution is -1.88. The Kier molecular flexibility index (Phi) is 1.20. The van der Waals surface area contributed by atoms with Gasteiger partial charge in [0.05, 0.1) is 12.5 Å². The number of aryl methyl sites for hydroxylation is 1. The van der Waals surface area contributed by atoms with Crippen LogP contribution in [0.1, 0.15) is 6.92 Å². The van der Waals surface area contributed by atoms with Crippen LogP contribution in [0.15, 0.2) is 12.5 Å². The van der Waals surface area contributed by atoms with Crippen LogP contribution in [0.4, 0.5) is 0 Å². The Labute approximate surface area is 47.6 Å². The monoisotopic (exact) mass is 112 g/mol. The Morgan fingerprint density at radius 1 is 1.88 bits per heavy atom. The molecule has 0 saturated carbocycles. The summed E-state index contributed by atoms with van der Waals surface area (Å²) in [5.74, 6) is 0.229. The van der Waals surface area contributed by atoms with Gasteiger partial charge in [0.1, 0.15) is 0 Å². The highest BCUT2D eigenvalue weighted by atomic mass is 16.3. The summed E-state index contributed by atoms with van der Waals surface area (Å²) in [7, 11) is 0. The Balaban J connectivity index is 2.92. The molecule has 0 radical (unpaired) electrons. The molecule has 1 rings (SSSR count). The van der Waals surface area contributed by atoms with Gasteiger partial charge in [0.25, 0.3) is 0 Å². The van der Waals surface area contributed by atoms with Crippen LogP contribution < -0.4 is 0 Å². The van der Waals surface area contributed by atoms with Crippen molar-refractivity contribution in [1.82, 2.24) is 9.55 Å². The quantitative estimate of drug-likeness (QED) is 0.578. The fourth-order valence-electron chi connectivity index (χ4n) is 0.557. The molecule has 0 atom stereocenters. The van der Waals surface area contributed by atoms with Crippen LogP contribution in [0, 0.1) is 0 Å². The van der Waals surface area contributed by atoms with Crippen LogP contribution in [0.2, 0.25) is 0 Å². The van der Waals surface area contributed by atoms with Crippen LogP contribution in [0.5, 0.6) is 5.88 Å². The van der Waals surface area contributed by atoms with Gasteiger partial charge < -0.3 is 9.67 Å². The van der Waals surface area contributed by atoms with Crippen molar-refractivity contribution in [1.29, 1.82) is 0 Å². The Morgan fingerprint density at radius 2 is 2.62 bits per heavy atom. The maximum absolute atomic E-state index is 8.85. The van der Waals surface area contributed by atoms with Crippen LogP contribution in [-0.4, -0.2) is 14.7 Å². The largest absolute Gasteiger partial charge is 0.493 e. The third-order valence-corrected chi connectivity index (χ3v) is 1.03. The van der Waals surface area contributed by atoms with Crippen molar-refractivity contribution in [2.45, 2.75) is 13.5 Å². The molecule has 1 aromatic rings. The summed E-state index contributed by atoms with van der Waals surface area (Å²) in [5.41, 5.74) is 0. The summed E-state index contributed by atoms with van der Waals surface area (Å²) >= 11 is 0. The second-order valence-corrected chi connectivity index (χ2v) is 1.54. The van der Waals surface area contributed by atoms with Crippen molar-refractivity contribution < 1.29 is 5.11 Å². The van der Waals surface area contributed by atoms with E-state index in [-0.39, 0.29) is 5.88 Å². The van der Waals surface area contributed by atoms with Gasteiger partial charge in [-0.05, 0) is 6.92 Å². The highest BCUT2D eigenvalue weighted by Crippen LogP contribution is 2.04. The average Bonchev–Trinajstić information content (AvgIpc) is 2.14. The van der Waals surface area contributed by atoms with E-state index in [1.165, 1.54) is 6.20 Å². The molecule has 0 unspecified atom stereocenters. The van der Waals surface area contributed by atoms with Gasteiger partial charge in [0, 0.05) is 6.54 Å². The van der Waals surface area contributed by atoms with E-state index in [9.17, 15) is 0 Å². The minimum atomic E-state index is 0.229. The van der Waals surface area contributed by atoms with E-state index in [2.05, 4.69) is 4.98 Å². The van der Waals surface area contributed by atoms with Crippen molar-refractivity contribution in [3.8, 4) is 5.88 Å². The molecule has 1 heterocycles. The molecule has 1 N–H and O–H groups in total. The summed E-state index contributed by atoms with van der Waals surface area (Å²) < 4.78 is 1.65. The lowest BCUT2D eigenvalue weighted by Gasteiger charge is -1.93. The number of aromatic hydroxyl groups is 1. The van der Waals surface area contributed by atoms with Crippen molar-refractivity contribution in [3.05, 3.63) is 12.5 Å². The summed E-state index contributed by atoms with van der Waals surface area (Å²) in [5, 5.41) is 8.85. The third-order valence-electron chi connectivity index (χ3n) is 1.03. The van der Waals surface area contributed by atoms with Crippen LogP contribution >= 0.6 is 0 Å². The molecule has 0 aliphatic heterocycles. The molecule has 0 aliphatic rings. The number of hydrogen-bond acceptors (Lipinski definition) is 2. The SMILES string of the molecule is CCn1cncc1O. The molecule has 0 spiro atoms. The molecule has 3 heteroatoms. The molecule has 0 fully saturated rings. The minimum Gasteiger partial charge on any atom is -0.493 e. The van der Waals surface area contributed by atoms with E-state index in [0.29, 0.717) is 0 Å². The lowest BCUT2D eigenvalue weighted by molar-refractivity contribution is 0.421. The van der Waals surface area contributed by atoms with Crippen molar-refractivity contribution in [2.24, 2.45) is 0 Å². The Bertz CT molecular complexity index is 171. The minimum absolute atomic E-state index is 0.229. The predicted molar refractivity (Wildman–Crippen MR) is 29.6 cm³/mol. The molecular formula is C5H8N2O. The molecule has 0 aromatic carbocycles. The average molecular weight is 112 g/mol. The van der Waals surface area contributed by atoms with Crippen molar-refractivity contribution >= 4 is 0 Å². The van der Waals surface area contributed by atoms with Gasteiger partial charge in [-0.15, -0.1) is 0 Å². The fourth-order valence-corrected chi connectivity index (χ4v) is 0.557. The molecule has 1 aromatic heterocycles. The van der Waals surface area contributed by atoms with Gasteiger partial charge in [0.15, 0.2) is 0 Å². The van der Waals surface area contributed by atoms with Gasteiger partial charge in [0.2, 0.25) is 5.88 Å². The van der Waals surface area contributed by atoms with Crippen molar-refractivity contribution in [2.75, 3.05) is 0 Å². The van der Waals surface area contributed by atoms with Crippen LogP contribution in [0.25, 0.3) is 0 Å². The number of imidazole rings is 1. The highest BCUT2D eigenvalue weighted by molar-refractivity contribution is 5.01. The summed E-state index contributed by atoms with van der Waals surface area (Å²) in [6, 6.07) is 0. The van der Waals surface area contributed by atoms with E-state index in [1.807, 2.05) is 6.92 Å². The number of nitrogens with zero attached hydrogens (tertiary/aromatic N) is 2. The van der Waals surface area contributed by atoms with E-state index in [0.717, 1.165) is 6.54 Å². The smallest absolute Gasteiger partial charge is 0.211 e. The van der Waals surface area contributed by atoms with E-state index in [4.69, 9.17) is 5.11 Å². The van der Waals surface area contributed by atoms with Gasteiger partial charge in [-0.1, -0.05) is 0 Å². The maximum Gasteiger partial charge on any atom is 0.211 e. The number of aromatic nitrogens is 2. The zero-order valence-corrected chi connectivity index (χ0v) is 4.70. The van der Waals surface area contributed by atoms with E-state index in [1.54, 1.807) is 10.9 Å². The summed E-state index contributed by atoms with van der Waals surface area (Å²) in [6.45, 7) is 2.72. The number of rotatable bonds is 1. The first-order valence-corrected chi connectivity index (χ1v) is 2.53. The second kappa shape index (κ2) is 1.86. The van der Waals surface area contributed by atoms with Crippen LogP contribution in [0.3, 0.4) is 0 Å². The maximum atomic E-state index is 8.85. The standard InChI is InChI=1S/C5H8N2O/c1-2-7-4-6-3-5(7)8/h3-4,8H,2H2,1H3. The fraction of sp³-hybridized carbons (Fsp3) is 0.400. The second-order valence-electron chi connectivity index (χ2n) is 1.54. The molecule has 3 nitrogen and oxygen atoms in total. The van der Waals surface area contributed by atoms with Gasteiger partial charge in [-0.3, -0.25) is 0 Å². The van der Waals surface area contributed by atoms with Gasteiger partial charge in [-0.2, -0.15) is 0 Å². The van der Waals surface area contributed by atoms with Gasteiger partial charge in [-0.25, -0.2) is 4.98 Å². The van der Waals surface area contributed by atoms with E-state index < -0.39 is 0 Å². The van der Waals surface area contributed by atoms with Crippen molar-refractivity contribution in [3.63, 3.8) is 0 Å². The Morgan fingerprint density at radius 3 is 2.88 bits per heavy atom. The third kappa shape index (κ3) is 0.665. The lowest BCUT2D eigenvalue weighted by atomic mass is 10.7. The predicted octanol–water partition coefficient (Wildman–Crippen LogP) is 0.609. The number of hydrogen-bond donors (Lipinski definition) is 1. The normalized spacial score (nSPS) is 9.62. The molecule has 8 heavy (non-hydrogen) atoms. The molecule has 0 saturated heterocycles. The molecule has 0 aliphatic carbocycles. The molecular weight excluding hydrogens is 104 g/mol. The Hall–Kier alpha value is -0.990. The first-order valence-electron chi connectivity index (χ1n) is 2.53. The first-order chi connectivity index (χ1) is 3.84.